The van der Waals surface area contributed by atoms with Crippen molar-refractivity contribution in [2.75, 3.05) is 52.5 Å². The molecule has 0 saturated carbocycles. The van der Waals surface area contributed by atoms with Crippen LogP contribution in [-0.2, 0) is 16.7 Å². The second-order valence-corrected chi connectivity index (χ2v) is 9.99. The molecule has 1 aliphatic rings. The third-order valence-corrected chi connectivity index (χ3v) is 6.03. The summed E-state index contributed by atoms with van der Waals surface area (Å²) in [4.78, 5) is 4.74. The van der Waals surface area contributed by atoms with E-state index in [2.05, 4.69) is 54.8 Å². The molecule has 1 heterocycles. The van der Waals surface area contributed by atoms with Crippen LogP contribution in [0, 0.1) is 0 Å². The topological polar surface area (TPSA) is 45.2 Å². The maximum Gasteiger partial charge on any atom is 0.119 e. The molecule has 0 aliphatic carbocycles. The smallest absolute Gasteiger partial charge is 0.119 e. The second kappa shape index (κ2) is 12.0. The van der Waals surface area contributed by atoms with E-state index >= 15 is 0 Å². The fraction of sp³-hybridized carbons (Fsp3) is 0.538. The second-order valence-electron chi connectivity index (χ2n) is 9.55. The maximum absolute atomic E-state index is 10.3. The van der Waals surface area contributed by atoms with Crippen LogP contribution >= 0.6 is 11.6 Å². The highest BCUT2D eigenvalue weighted by atomic mass is 35.5. The van der Waals surface area contributed by atoms with Gasteiger partial charge in [-0.1, -0.05) is 56.6 Å². The molecule has 1 N–H and O–H groups in total. The third kappa shape index (κ3) is 8.38. The molecule has 0 spiro atoms. The highest BCUT2D eigenvalue weighted by Crippen LogP contribution is 2.24. The molecule has 2 aromatic carbocycles. The van der Waals surface area contributed by atoms with Crippen LogP contribution in [0.5, 0.6) is 5.75 Å². The Kier molecular flexibility index (Phi) is 9.38. The average Bonchev–Trinajstić information content (AvgIpc) is 2.76. The van der Waals surface area contributed by atoms with Crippen LogP contribution in [-0.4, -0.2) is 73.6 Å². The van der Waals surface area contributed by atoms with Gasteiger partial charge in [-0.25, -0.2) is 0 Å². The highest BCUT2D eigenvalue weighted by molar-refractivity contribution is 6.30. The summed E-state index contributed by atoms with van der Waals surface area (Å²) in [7, 11) is 0. The lowest BCUT2D eigenvalue weighted by Gasteiger charge is -2.35. The molecule has 0 amide bonds. The normalized spacial score (nSPS) is 16.8. The van der Waals surface area contributed by atoms with Crippen LogP contribution in [0.25, 0.3) is 0 Å². The first-order valence-corrected chi connectivity index (χ1v) is 11.9. The molecular formula is C26H37ClN2O3. The zero-order chi connectivity index (χ0) is 23.0. The summed E-state index contributed by atoms with van der Waals surface area (Å²) in [5.41, 5.74) is 2.71. The fourth-order valence-electron chi connectivity index (χ4n) is 3.82. The molecule has 176 valence electrons. The molecule has 3 rings (SSSR count). The van der Waals surface area contributed by atoms with E-state index in [1.54, 1.807) is 0 Å². The average molecular weight is 461 g/mol. The minimum absolute atomic E-state index is 0.140. The SMILES string of the molecule is CC(C)(C)c1ccc(OCCOCC(O)CN2CCN(Cc3ccc(Cl)cc3)CC2)cc1. The van der Waals surface area contributed by atoms with Crippen molar-refractivity contribution in [3.8, 4) is 5.75 Å². The monoisotopic (exact) mass is 460 g/mol. The van der Waals surface area contributed by atoms with E-state index in [1.807, 2.05) is 24.3 Å². The Morgan fingerprint density at radius 1 is 0.906 bits per heavy atom. The van der Waals surface area contributed by atoms with E-state index < -0.39 is 6.10 Å². The molecule has 1 fully saturated rings. The summed E-state index contributed by atoms with van der Waals surface area (Å²) < 4.78 is 11.4. The quantitative estimate of drug-likeness (QED) is 0.538. The molecule has 2 aromatic rings. The van der Waals surface area contributed by atoms with Crippen LogP contribution in [0.1, 0.15) is 31.9 Å². The van der Waals surface area contributed by atoms with Crippen LogP contribution in [0.3, 0.4) is 0 Å². The van der Waals surface area contributed by atoms with Crippen molar-refractivity contribution in [3.05, 3.63) is 64.7 Å². The van der Waals surface area contributed by atoms with Gasteiger partial charge >= 0.3 is 0 Å². The molecule has 5 nitrogen and oxygen atoms in total. The van der Waals surface area contributed by atoms with Crippen molar-refractivity contribution in [1.82, 2.24) is 9.80 Å². The van der Waals surface area contributed by atoms with Gasteiger partial charge in [-0.05, 0) is 40.8 Å². The number of rotatable bonds is 10. The summed E-state index contributed by atoms with van der Waals surface area (Å²) in [6, 6.07) is 16.3. The third-order valence-electron chi connectivity index (χ3n) is 5.78. The number of hydrogen-bond donors (Lipinski definition) is 1. The van der Waals surface area contributed by atoms with Crippen LogP contribution in [0.2, 0.25) is 5.02 Å². The number of hydrogen-bond acceptors (Lipinski definition) is 5. The number of aliphatic hydroxyl groups excluding tert-OH is 1. The molecule has 1 saturated heterocycles. The van der Waals surface area contributed by atoms with E-state index in [1.165, 1.54) is 11.1 Å². The van der Waals surface area contributed by atoms with Gasteiger partial charge in [0, 0.05) is 44.3 Å². The molecule has 1 aliphatic heterocycles. The van der Waals surface area contributed by atoms with Gasteiger partial charge in [-0.3, -0.25) is 9.80 Å². The number of benzene rings is 2. The van der Waals surface area contributed by atoms with Crippen molar-refractivity contribution in [1.29, 1.82) is 0 Å². The summed E-state index contributed by atoms with van der Waals surface area (Å²) in [5.74, 6) is 0.846. The largest absolute Gasteiger partial charge is 0.491 e. The standard InChI is InChI=1S/C26H37ClN2O3/c1-26(2,3)22-6-10-25(11-7-22)32-17-16-31-20-24(30)19-29-14-12-28(13-15-29)18-21-4-8-23(27)9-5-21/h4-11,24,30H,12-20H2,1-3H3. The number of nitrogens with zero attached hydrogens (tertiary/aromatic N) is 2. The molecule has 0 aromatic heterocycles. The Morgan fingerprint density at radius 2 is 1.53 bits per heavy atom. The molecular weight excluding hydrogens is 424 g/mol. The Labute approximate surface area is 197 Å². The van der Waals surface area contributed by atoms with Crippen LogP contribution in [0.15, 0.2) is 48.5 Å². The molecule has 0 radical (unpaired) electrons. The Bertz CT molecular complexity index is 797. The summed E-state index contributed by atoms with van der Waals surface area (Å²) in [6.07, 6.45) is -0.483. The van der Waals surface area contributed by atoms with Gasteiger partial charge in [0.05, 0.1) is 19.3 Å². The summed E-state index contributed by atoms with van der Waals surface area (Å²) in [5, 5.41) is 11.1. The predicted octanol–water partition coefficient (Wildman–Crippen LogP) is 4.21. The number of aliphatic hydroxyl groups is 1. The van der Waals surface area contributed by atoms with Gasteiger partial charge in [0.15, 0.2) is 0 Å². The zero-order valence-electron chi connectivity index (χ0n) is 19.6. The van der Waals surface area contributed by atoms with Gasteiger partial charge in [-0.15, -0.1) is 0 Å². The van der Waals surface area contributed by atoms with Crippen molar-refractivity contribution >= 4 is 11.6 Å². The van der Waals surface area contributed by atoms with Gasteiger partial charge in [0.2, 0.25) is 0 Å². The number of halogens is 1. The van der Waals surface area contributed by atoms with E-state index in [9.17, 15) is 5.11 Å². The molecule has 0 bridgehead atoms. The lowest BCUT2D eigenvalue weighted by Crippen LogP contribution is -2.48. The molecule has 6 heteroatoms. The van der Waals surface area contributed by atoms with E-state index in [-0.39, 0.29) is 5.41 Å². The summed E-state index contributed by atoms with van der Waals surface area (Å²) >= 11 is 5.96. The lowest BCUT2D eigenvalue weighted by atomic mass is 9.87. The van der Waals surface area contributed by atoms with E-state index in [0.717, 1.165) is 43.5 Å². The number of piperazine rings is 1. The first kappa shape index (κ1) is 25.0. The van der Waals surface area contributed by atoms with Crippen LogP contribution < -0.4 is 4.74 Å². The minimum atomic E-state index is -0.483. The number of ether oxygens (including phenoxy) is 2. The van der Waals surface area contributed by atoms with Crippen molar-refractivity contribution in [3.63, 3.8) is 0 Å². The Balaban J connectivity index is 1.25. The van der Waals surface area contributed by atoms with Gasteiger partial charge in [-0.2, -0.15) is 0 Å². The van der Waals surface area contributed by atoms with Crippen molar-refractivity contribution in [2.45, 2.75) is 38.8 Å². The maximum atomic E-state index is 10.3. The molecule has 32 heavy (non-hydrogen) atoms. The van der Waals surface area contributed by atoms with Crippen molar-refractivity contribution in [2.24, 2.45) is 0 Å². The zero-order valence-corrected chi connectivity index (χ0v) is 20.4. The molecule has 1 atom stereocenters. The van der Waals surface area contributed by atoms with Crippen molar-refractivity contribution < 1.29 is 14.6 Å². The van der Waals surface area contributed by atoms with Gasteiger partial charge < -0.3 is 14.6 Å². The van der Waals surface area contributed by atoms with Crippen LogP contribution in [0.4, 0.5) is 0 Å². The lowest BCUT2D eigenvalue weighted by molar-refractivity contribution is -0.000437. The van der Waals surface area contributed by atoms with E-state index in [4.69, 9.17) is 21.1 Å². The first-order valence-electron chi connectivity index (χ1n) is 11.5. The predicted molar refractivity (Wildman–Crippen MR) is 131 cm³/mol. The summed E-state index contributed by atoms with van der Waals surface area (Å²) in [6.45, 7) is 13.4. The molecule has 1 unspecified atom stereocenters. The number of β-amino-alcohol motifs (C(OH)–C–C–N with tert-alkyl or cyclic N) is 1. The highest BCUT2D eigenvalue weighted by Gasteiger charge is 2.19. The Hall–Kier alpha value is -1.63. The first-order chi connectivity index (χ1) is 15.3. The van der Waals surface area contributed by atoms with Gasteiger partial charge in [0.1, 0.15) is 12.4 Å². The fourth-order valence-corrected chi connectivity index (χ4v) is 3.94. The van der Waals surface area contributed by atoms with E-state index in [0.29, 0.717) is 26.4 Å². The minimum Gasteiger partial charge on any atom is -0.491 e. The Morgan fingerprint density at radius 3 is 2.16 bits per heavy atom. The van der Waals surface area contributed by atoms with Gasteiger partial charge in [0.25, 0.3) is 0 Å².